The Kier molecular flexibility index (Phi) is 3.12. The molecular weight excluding hydrogens is 319 g/mol. The summed E-state index contributed by atoms with van der Waals surface area (Å²) in [7, 11) is 0. The second-order valence-corrected chi connectivity index (χ2v) is 7.60. The maximum Gasteiger partial charge on any atom is 0.123 e. The molecule has 0 aliphatic heterocycles. The lowest BCUT2D eigenvalue weighted by molar-refractivity contribution is 0.609. The maximum absolute atomic E-state index is 13.8. The molecule has 1 aliphatic carbocycles. The average Bonchev–Trinajstić information content (AvgIpc) is 2.88. The molecule has 0 fully saturated rings. The molecule has 0 N–H and O–H groups in total. The number of halogens is 1. The molecule has 0 bridgehead atoms. The lowest BCUT2D eigenvalue weighted by Gasteiger charge is -2.22. The van der Waals surface area contributed by atoms with Gasteiger partial charge in [0.2, 0.25) is 0 Å². The van der Waals surface area contributed by atoms with Crippen LogP contribution in [0.25, 0.3) is 33.0 Å². The first-order valence-electron chi connectivity index (χ1n) is 8.99. The largest absolute Gasteiger partial charge is 0.207 e. The Bertz CT molecular complexity index is 1160. The van der Waals surface area contributed by atoms with E-state index < -0.39 is 0 Å². The molecule has 4 aromatic rings. The van der Waals surface area contributed by atoms with Crippen molar-refractivity contribution in [3.63, 3.8) is 0 Å². The van der Waals surface area contributed by atoms with Gasteiger partial charge in [-0.25, -0.2) is 4.39 Å². The molecule has 0 heterocycles. The lowest BCUT2D eigenvalue weighted by Crippen LogP contribution is -2.15. The Labute approximate surface area is 152 Å². The van der Waals surface area contributed by atoms with E-state index in [0.717, 1.165) is 11.1 Å². The molecule has 0 amide bonds. The SMILES string of the molecule is CC1(C)c2cc(F)ccc2-c2ccc(-c3cccc4ccccc34)cc21. The normalized spacial score (nSPS) is 14.3. The van der Waals surface area contributed by atoms with E-state index in [-0.39, 0.29) is 11.2 Å². The Morgan fingerprint density at radius 2 is 1.35 bits per heavy atom. The van der Waals surface area contributed by atoms with Crippen LogP contribution in [-0.2, 0) is 5.41 Å². The van der Waals surface area contributed by atoms with E-state index in [4.69, 9.17) is 0 Å². The maximum atomic E-state index is 13.8. The van der Waals surface area contributed by atoms with Gasteiger partial charge >= 0.3 is 0 Å². The van der Waals surface area contributed by atoms with Gasteiger partial charge in [-0.1, -0.05) is 74.5 Å². The van der Waals surface area contributed by atoms with E-state index in [9.17, 15) is 4.39 Å². The molecule has 1 aliphatic rings. The van der Waals surface area contributed by atoms with Crippen LogP contribution in [0, 0.1) is 5.82 Å². The highest BCUT2D eigenvalue weighted by molar-refractivity contribution is 5.97. The third kappa shape index (κ3) is 2.07. The van der Waals surface area contributed by atoms with Crippen molar-refractivity contribution < 1.29 is 4.39 Å². The molecule has 0 saturated heterocycles. The Hall–Kier alpha value is -2.93. The summed E-state index contributed by atoms with van der Waals surface area (Å²) in [6.07, 6.45) is 0. The van der Waals surface area contributed by atoms with Crippen LogP contribution in [0.1, 0.15) is 25.0 Å². The van der Waals surface area contributed by atoms with Crippen LogP contribution in [-0.4, -0.2) is 0 Å². The first-order chi connectivity index (χ1) is 12.6. The van der Waals surface area contributed by atoms with Crippen LogP contribution in [0.4, 0.5) is 4.39 Å². The Morgan fingerprint density at radius 1 is 0.654 bits per heavy atom. The van der Waals surface area contributed by atoms with Crippen molar-refractivity contribution in [2.45, 2.75) is 19.3 Å². The summed E-state index contributed by atoms with van der Waals surface area (Å²) >= 11 is 0. The smallest absolute Gasteiger partial charge is 0.123 e. The summed E-state index contributed by atoms with van der Waals surface area (Å²) < 4.78 is 13.8. The topological polar surface area (TPSA) is 0 Å². The van der Waals surface area contributed by atoms with Gasteiger partial charge in [0.15, 0.2) is 0 Å². The Morgan fingerprint density at radius 3 is 2.19 bits per heavy atom. The summed E-state index contributed by atoms with van der Waals surface area (Å²) in [6, 6.07) is 26.7. The van der Waals surface area contributed by atoms with Crippen molar-refractivity contribution in [1.82, 2.24) is 0 Å². The van der Waals surface area contributed by atoms with E-state index >= 15 is 0 Å². The summed E-state index contributed by atoms with van der Waals surface area (Å²) in [6.45, 7) is 4.37. The molecule has 0 atom stereocenters. The van der Waals surface area contributed by atoms with Gasteiger partial charge in [-0.15, -0.1) is 0 Å². The van der Waals surface area contributed by atoms with Crippen molar-refractivity contribution in [2.24, 2.45) is 0 Å². The van der Waals surface area contributed by atoms with Crippen LogP contribution >= 0.6 is 0 Å². The number of hydrogen-bond acceptors (Lipinski definition) is 0. The van der Waals surface area contributed by atoms with E-state index in [0.29, 0.717) is 0 Å². The molecule has 1 heteroatoms. The minimum Gasteiger partial charge on any atom is -0.207 e. The monoisotopic (exact) mass is 338 g/mol. The van der Waals surface area contributed by atoms with E-state index in [1.54, 1.807) is 12.1 Å². The highest BCUT2D eigenvalue weighted by atomic mass is 19.1. The van der Waals surface area contributed by atoms with Gasteiger partial charge < -0.3 is 0 Å². The molecule has 0 aromatic heterocycles. The molecule has 5 rings (SSSR count). The first kappa shape index (κ1) is 15.3. The van der Waals surface area contributed by atoms with Gasteiger partial charge in [-0.05, 0) is 62.4 Å². The van der Waals surface area contributed by atoms with Crippen LogP contribution in [0.15, 0.2) is 78.9 Å². The predicted molar refractivity (Wildman–Crippen MR) is 107 cm³/mol. The second-order valence-electron chi connectivity index (χ2n) is 7.60. The third-order valence-electron chi connectivity index (χ3n) is 5.74. The van der Waals surface area contributed by atoms with Crippen LogP contribution in [0.5, 0.6) is 0 Å². The van der Waals surface area contributed by atoms with Gasteiger partial charge in [-0.2, -0.15) is 0 Å². The van der Waals surface area contributed by atoms with E-state index in [1.165, 1.54) is 33.0 Å². The first-order valence-corrected chi connectivity index (χ1v) is 8.99. The predicted octanol–water partition coefficient (Wildman–Crippen LogP) is 6.95. The van der Waals surface area contributed by atoms with Crippen molar-refractivity contribution in [3.8, 4) is 22.3 Å². The Balaban J connectivity index is 1.75. The van der Waals surface area contributed by atoms with Gasteiger partial charge in [0.1, 0.15) is 5.82 Å². The average molecular weight is 338 g/mol. The zero-order chi connectivity index (χ0) is 17.9. The zero-order valence-corrected chi connectivity index (χ0v) is 14.9. The molecule has 0 unspecified atom stereocenters. The van der Waals surface area contributed by atoms with Gasteiger partial charge in [0.25, 0.3) is 0 Å². The van der Waals surface area contributed by atoms with Crippen LogP contribution in [0.2, 0.25) is 0 Å². The lowest BCUT2D eigenvalue weighted by atomic mass is 9.81. The van der Waals surface area contributed by atoms with Crippen molar-refractivity contribution in [2.75, 3.05) is 0 Å². The summed E-state index contributed by atoms with van der Waals surface area (Å²) in [5.74, 6) is -0.168. The minimum atomic E-state index is -0.201. The molecule has 0 saturated carbocycles. The second kappa shape index (κ2) is 5.28. The van der Waals surface area contributed by atoms with E-state index in [1.807, 2.05) is 6.07 Å². The number of rotatable bonds is 1. The number of benzene rings is 4. The molecule has 0 radical (unpaired) electrons. The third-order valence-corrected chi connectivity index (χ3v) is 5.74. The fourth-order valence-electron chi connectivity index (χ4n) is 4.35. The van der Waals surface area contributed by atoms with Crippen LogP contribution < -0.4 is 0 Å². The molecule has 4 aromatic carbocycles. The molecular formula is C25H19F. The fraction of sp³-hybridized carbons (Fsp3) is 0.120. The summed E-state index contributed by atoms with van der Waals surface area (Å²) in [5, 5.41) is 2.50. The molecule has 0 nitrogen and oxygen atoms in total. The van der Waals surface area contributed by atoms with Crippen molar-refractivity contribution in [1.29, 1.82) is 0 Å². The molecule has 0 spiro atoms. The molecule has 126 valence electrons. The molecule has 26 heavy (non-hydrogen) atoms. The van der Waals surface area contributed by atoms with Crippen LogP contribution in [0.3, 0.4) is 0 Å². The van der Waals surface area contributed by atoms with Gasteiger partial charge in [0, 0.05) is 5.41 Å². The number of fused-ring (bicyclic) bond motifs is 4. The van der Waals surface area contributed by atoms with E-state index in [2.05, 4.69) is 74.5 Å². The van der Waals surface area contributed by atoms with Gasteiger partial charge in [-0.3, -0.25) is 0 Å². The summed E-state index contributed by atoms with van der Waals surface area (Å²) in [4.78, 5) is 0. The standard InChI is InChI=1S/C25H19F/c1-25(2)23-14-17(20-9-5-7-16-6-3-4-8-19(16)20)10-12-21(23)22-13-11-18(26)15-24(22)25/h3-15H,1-2H3. The quantitative estimate of drug-likeness (QED) is 0.352. The number of hydrogen-bond donors (Lipinski definition) is 0. The van der Waals surface area contributed by atoms with Crippen molar-refractivity contribution >= 4 is 10.8 Å². The zero-order valence-electron chi connectivity index (χ0n) is 14.9. The van der Waals surface area contributed by atoms with Gasteiger partial charge in [0.05, 0.1) is 0 Å². The fourth-order valence-corrected chi connectivity index (χ4v) is 4.35. The van der Waals surface area contributed by atoms with Crippen molar-refractivity contribution in [3.05, 3.63) is 95.8 Å². The minimum absolute atomic E-state index is 0.168. The highest BCUT2D eigenvalue weighted by Crippen LogP contribution is 2.50. The highest BCUT2D eigenvalue weighted by Gasteiger charge is 2.35. The summed E-state index contributed by atoms with van der Waals surface area (Å²) in [5.41, 5.74) is 6.95.